The van der Waals surface area contributed by atoms with E-state index in [1.807, 2.05) is 61.5 Å². The molecule has 1 heterocycles. The lowest BCUT2D eigenvalue weighted by molar-refractivity contribution is 0.223. The first-order valence-electron chi connectivity index (χ1n) is 6.88. The van der Waals surface area contributed by atoms with Crippen molar-refractivity contribution in [3.63, 3.8) is 0 Å². The third-order valence-corrected chi connectivity index (χ3v) is 3.69. The first-order chi connectivity index (χ1) is 10.2. The van der Waals surface area contributed by atoms with Crippen molar-refractivity contribution in [2.45, 2.75) is 12.5 Å². The van der Waals surface area contributed by atoms with Gasteiger partial charge in [-0.2, -0.15) is 5.10 Å². The SMILES string of the molecule is CC(CO)(Nc1nncc2ccccc12)c1ccccc1. The van der Waals surface area contributed by atoms with Crippen molar-refractivity contribution >= 4 is 16.6 Å². The van der Waals surface area contributed by atoms with Crippen molar-refractivity contribution in [1.29, 1.82) is 0 Å². The smallest absolute Gasteiger partial charge is 0.157 e. The third kappa shape index (κ3) is 2.58. The summed E-state index contributed by atoms with van der Waals surface area (Å²) in [4.78, 5) is 0. The van der Waals surface area contributed by atoms with Gasteiger partial charge in [0.1, 0.15) is 0 Å². The molecule has 0 spiro atoms. The lowest BCUT2D eigenvalue weighted by Gasteiger charge is -2.30. The zero-order chi connectivity index (χ0) is 14.7. The number of aromatic nitrogens is 2. The van der Waals surface area contributed by atoms with Gasteiger partial charge in [-0.1, -0.05) is 54.6 Å². The van der Waals surface area contributed by atoms with Gasteiger partial charge < -0.3 is 10.4 Å². The maximum atomic E-state index is 9.86. The molecule has 0 aliphatic rings. The minimum Gasteiger partial charge on any atom is -0.394 e. The molecule has 0 radical (unpaired) electrons. The highest BCUT2D eigenvalue weighted by atomic mass is 16.3. The molecule has 0 saturated heterocycles. The molecule has 0 bridgehead atoms. The van der Waals surface area contributed by atoms with Crippen molar-refractivity contribution in [2.24, 2.45) is 0 Å². The van der Waals surface area contributed by atoms with Crippen LogP contribution in [-0.2, 0) is 5.54 Å². The number of hydrogen-bond acceptors (Lipinski definition) is 4. The van der Waals surface area contributed by atoms with Gasteiger partial charge in [-0.25, -0.2) is 0 Å². The van der Waals surface area contributed by atoms with Gasteiger partial charge >= 0.3 is 0 Å². The first-order valence-corrected chi connectivity index (χ1v) is 6.88. The van der Waals surface area contributed by atoms with Gasteiger partial charge in [0, 0.05) is 10.8 Å². The number of fused-ring (bicyclic) bond motifs is 1. The highest BCUT2D eigenvalue weighted by molar-refractivity contribution is 5.91. The summed E-state index contributed by atoms with van der Waals surface area (Å²) < 4.78 is 0. The molecule has 0 saturated carbocycles. The van der Waals surface area contributed by atoms with E-state index in [4.69, 9.17) is 0 Å². The Bertz CT molecular complexity index is 740. The van der Waals surface area contributed by atoms with Crippen LogP contribution >= 0.6 is 0 Å². The minimum atomic E-state index is -0.611. The summed E-state index contributed by atoms with van der Waals surface area (Å²) in [6.07, 6.45) is 1.74. The molecule has 21 heavy (non-hydrogen) atoms. The Morgan fingerprint density at radius 1 is 1.05 bits per heavy atom. The molecule has 2 aromatic carbocycles. The average Bonchev–Trinajstić information content (AvgIpc) is 2.56. The Hall–Kier alpha value is -2.46. The van der Waals surface area contributed by atoms with E-state index in [1.54, 1.807) is 6.20 Å². The number of nitrogens with one attached hydrogen (secondary N) is 1. The van der Waals surface area contributed by atoms with E-state index in [0.717, 1.165) is 16.3 Å². The Balaban J connectivity index is 2.04. The molecule has 1 unspecified atom stereocenters. The summed E-state index contributed by atoms with van der Waals surface area (Å²) in [6.45, 7) is 1.91. The maximum absolute atomic E-state index is 9.86. The summed E-state index contributed by atoms with van der Waals surface area (Å²) in [5.41, 5.74) is 0.391. The number of anilines is 1. The molecule has 0 fully saturated rings. The molecule has 106 valence electrons. The zero-order valence-electron chi connectivity index (χ0n) is 11.8. The Labute approximate surface area is 123 Å². The van der Waals surface area contributed by atoms with Gasteiger partial charge in [0.25, 0.3) is 0 Å². The van der Waals surface area contributed by atoms with Crippen molar-refractivity contribution in [1.82, 2.24) is 10.2 Å². The van der Waals surface area contributed by atoms with Gasteiger partial charge in [0.05, 0.1) is 18.3 Å². The number of rotatable bonds is 4. The van der Waals surface area contributed by atoms with Crippen LogP contribution in [0.5, 0.6) is 0 Å². The molecule has 4 heteroatoms. The topological polar surface area (TPSA) is 58.0 Å². The van der Waals surface area contributed by atoms with E-state index >= 15 is 0 Å². The van der Waals surface area contributed by atoms with Crippen LogP contribution in [0.4, 0.5) is 5.82 Å². The molecule has 0 amide bonds. The number of aliphatic hydroxyl groups is 1. The molecule has 2 N–H and O–H groups in total. The minimum absolute atomic E-state index is 0.0398. The number of hydrogen-bond donors (Lipinski definition) is 2. The summed E-state index contributed by atoms with van der Waals surface area (Å²) in [5.74, 6) is 0.675. The lowest BCUT2D eigenvalue weighted by Crippen LogP contribution is -2.36. The molecular formula is C17H17N3O. The Morgan fingerprint density at radius 2 is 1.76 bits per heavy atom. The van der Waals surface area contributed by atoms with Gasteiger partial charge in [-0.15, -0.1) is 5.10 Å². The number of benzene rings is 2. The molecule has 1 aromatic heterocycles. The van der Waals surface area contributed by atoms with Crippen LogP contribution in [0.1, 0.15) is 12.5 Å². The highest BCUT2D eigenvalue weighted by Crippen LogP contribution is 2.28. The fourth-order valence-corrected chi connectivity index (χ4v) is 2.39. The molecular weight excluding hydrogens is 262 g/mol. The van der Waals surface area contributed by atoms with Crippen LogP contribution in [-0.4, -0.2) is 21.9 Å². The predicted molar refractivity (Wildman–Crippen MR) is 84.0 cm³/mol. The second kappa shape index (κ2) is 5.50. The fraction of sp³-hybridized carbons (Fsp3) is 0.176. The Kier molecular flexibility index (Phi) is 3.54. The first kappa shape index (κ1) is 13.5. The quantitative estimate of drug-likeness (QED) is 0.771. The Morgan fingerprint density at radius 3 is 2.52 bits per heavy atom. The van der Waals surface area contributed by atoms with Gasteiger partial charge in [0.2, 0.25) is 0 Å². The predicted octanol–water partition coefficient (Wildman–Crippen LogP) is 2.95. The van der Waals surface area contributed by atoms with E-state index in [-0.39, 0.29) is 6.61 Å². The van der Waals surface area contributed by atoms with E-state index in [0.29, 0.717) is 5.82 Å². The average molecular weight is 279 g/mol. The van der Waals surface area contributed by atoms with Gasteiger partial charge in [-0.3, -0.25) is 0 Å². The van der Waals surface area contributed by atoms with E-state index in [1.165, 1.54) is 0 Å². The number of nitrogens with zero attached hydrogens (tertiary/aromatic N) is 2. The summed E-state index contributed by atoms with van der Waals surface area (Å²) >= 11 is 0. The standard InChI is InChI=1S/C17H17N3O/c1-17(12-21,14-8-3-2-4-9-14)19-16-15-10-6-5-7-13(15)11-18-20-16/h2-11,21H,12H2,1H3,(H,19,20). The molecule has 0 aliphatic heterocycles. The van der Waals surface area contributed by atoms with Crippen molar-refractivity contribution in [3.05, 3.63) is 66.4 Å². The van der Waals surface area contributed by atoms with Gasteiger partial charge in [-0.05, 0) is 12.5 Å². The van der Waals surface area contributed by atoms with Crippen LogP contribution in [0.15, 0.2) is 60.8 Å². The molecule has 3 aromatic rings. The van der Waals surface area contributed by atoms with Crippen LogP contribution in [0.2, 0.25) is 0 Å². The van der Waals surface area contributed by atoms with Crippen molar-refractivity contribution in [3.8, 4) is 0 Å². The van der Waals surface area contributed by atoms with Crippen LogP contribution < -0.4 is 5.32 Å². The molecule has 0 aliphatic carbocycles. The monoisotopic (exact) mass is 279 g/mol. The van der Waals surface area contributed by atoms with E-state index in [2.05, 4.69) is 15.5 Å². The molecule has 3 rings (SSSR count). The van der Waals surface area contributed by atoms with Crippen LogP contribution in [0, 0.1) is 0 Å². The highest BCUT2D eigenvalue weighted by Gasteiger charge is 2.26. The van der Waals surface area contributed by atoms with E-state index < -0.39 is 5.54 Å². The summed E-state index contributed by atoms with van der Waals surface area (Å²) in [5, 5.41) is 23.4. The molecule has 1 atom stereocenters. The zero-order valence-corrected chi connectivity index (χ0v) is 11.8. The second-order valence-corrected chi connectivity index (χ2v) is 5.26. The lowest BCUT2D eigenvalue weighted by atomic mass is 9.92. The third-order valence-electron chi connectivity index (χ3n) is 3.69. The maximum Gasteiger partial charge on any atom is 0.157 e. The summed E-state index contributed by atoms with van der Waals surface area (Å²) in [7, 11) is 0. The van der Waals surface area contributed by atoms with Crippen LogP contribution in [0.3, 0.4) is 0 Å². The largest absolute Gasteiger partial charge is 0.394 e. The van der Waals surface area contributed by atoms with E-state index in [9.17, 15) is 5.11 Å². The molecule has 4 nitrogen and oxygen atoms in total. The van der Waals surface area contributed by atoms with Crippen molar-refractivity contribution in [2.75, 3.05) is 11.9 Å². The fourth-order valence-electron chi connectivity index (χ4n) is 2.39. The summed E-state index contributed by atoms with van der Waals surface area (Å²) in [6, 6.07) is 17.8. The van der Waals surface area contributed by atoms with Gasteiger partial charge in [0.15, 0.2) is 5.82 Å². The second-order valence-electron chi connectivity index (χ2n) is 5.26. The number of aliphatic hydroxyl groups excluding tert-OH is 1. The normalized spacial score (nSPS) is 13.8. The van der Waals surface area contributed by atoms with Crippen LogP contribution in [0.25, 0.3) is 10.8 Å². The van der Waals surface area contributed by atoms with Crippen molar-refractivity contribution < 1.29 is 5.11 Å².